The Hall–Kier alpha value is -3.05. The molecule has 0 aliphatic heterocycles. The number of hydrogen-bond donors (Lipinski definition) is 1. The second kappa shape index (κ2) is 7.52. The Morgan fingerprint density at radius 2 is 2.21 bits per heavy atom. The highest BCUT2D eigenvalue weighted by atomic mass is 32.2. The summed E-state index contributed by atoms with van der Waals surface area (Å²) in [7, 11) is 1.26. The number of hydrogen-bond acceptors (Lipinski definition) is 10. The van der Waals surface area contributed by atoms with Crippen molar-refractivity contribution in [3.8, 4) is 10.8 Å². The highest BCUT2D eigenvalue weighted by molar-refractivity contribution is 7.98. The summed E-state index contributed by atoms with van der Waals surface area (Å²) < 4.78 is 9.99. The van der Waals surface area contributed by atoms with Crippen LogP contribution in [0.3, 0.4) is 0 Å². The quantitative estimate of drug-likeness (QED) is 0.297. The molecule has 0 aliphatic rings. The zero-order valence-electron chi connectivity index (χ0n) is 14.8. The van der Waals surface area contributed by atoms with E-state index in [-0.39, 0.29) is 16.6 Å². The van der Waals surface area contributed by atoms with Crippen molar-refractivity contribution in [1.29, 1.82) is 0 Å². The molecule has 9 nitrogen and oxygen atoms in total. The van der Waals surface area contributed by atoms with E-state index in [0.29, 0.717) is 28.3 Å². The zero-order valence-corrected chi connectivity index (χ0v) is 16.4. The summed E-state index contributed by atoms with van der Waals surface area (Å²) in [6, 6.07) is 5.30. The fourth-order valence-corrected chi connectivity index (χ4v) is 3.87. The zero-order chi connectivity index (χ0) is 19.7. The number of thiophene rings is 1. The number of aryl methyl sites for hydroxylation is 1. The van der Waals surface area contributed by atoms with E-state index in [1.54, 1.807) is 6.92 Å². The number of esters is 1. The van der Waals surface area contributed by atoms with Crippen LogP contribution in [0.15, 0.2) is 38.1 Å². The standard InChI is InChI=1S/C17H13N5O4S2/c1-8-6-9(16(24)25-2)12-13(18-8)20-17(21-14(12)23)28-7-11-19-15(26-22-11)10-4-3-5-27-10/h3-6H,7H2,1-2H3,(H,18,20,21,23). The van der Waals surface area contributed by atoms with E-state index in [9.17, 15) is 9.59 Å². The minimum absolute atomic E-state index is 0.0985. The van der Waals surface area contributed by atoms with E-state index in [1.807, 2.05) is 17.5 Å². The maximum atomic E-state index is 12.5. The molecule has 4 heterocycles. The van der Waals surface area contributed by atoms with Gasteiger partial charge in [-0.15, -0.1) is 11.3 Å². The Balaban J connectivity index is 1.61. The van der Waals surface area contributed by atoms with Crippen LogP contribution >= 0.6 is 23.1 Å². The number of H-pyrrole nitrogens is 1. The van der Waals surface area contributed by atoms with Crippen molar-refractivity contribution in [2.75, 3.05) is 7.11 Å². The Labute approximate surface area is 166 Å². The molecular formula is C17H13N5O4S2. The van der Waals surface area contributed by atoms with Gasteiger partial charge in [0.25, 0.3) is 11.4 Å². The van der Waals surface area contributed by atoms with Gasteiger partial charge in [0.05, 0.1) is 28.7 Å². The van der Waals surface area contributed by atoms with Crippen molar-refractivity contribution in [1.82, 2.24) is 25.1 Å². The number of carbonyl (C=O) groups is 1. The largest absolute Gasteiger partial charge is 0.465 e. The summed E-state index contributed by atoms with van der Waals surface area (Å²) in [6.07, 6.45) is 0. The number of nitrogens with one attached hydrogen (secondary N) is 1. The summed E-state index contributed by atoms with van der Waals surface area (Å²) in [4.78, 5) is 41.0. The number of fused-ring (bicyclic) bond motifs is 1. The number of rotatable bonds is 5. The van der Waals surface area contributed by atoms with Gasteiger partial charge in [-0.1, -0.05) is 23.0 Å². The molecular weight excluding hydrogens is 402 g/mol. The first-order valence-electron chi connectivity index (χ1n) is 8.04. The third-order valence-electron chi connectivity index (χ3n) is 3.73. The van der Waals surface area contributed by atoms with Crippen LogP contribution in [-0.4, -0.2) is 38.2 Å². The van der Waals surface area contributed by atoms with Crippen molar-refractivity contribution < 1.29 is 14.1 Å². The Bertz CT molecular complexity index is 1220. The smallest absolute Gasteiger partial charge is 0.338 e. The average molecular weight is 415 g/mol. The predicted molar refractivity (Wildman–Crippen MR) is 103 cm³/mol. The maximum Gasteiger partial charge on any atom is 0.338 e. The van der Waals surface area contributed by atoms with E-state index in [1.165, 1.54) is 36.3 Å². The number of pyridine rings is 1. The van der Waals surface area contributed by atoms with Crippen LogP contribution in [0.2, 0.25) is 0 Å². The third kappa shape index (κ3) is 3.53. The molecule has 0 amide bonds. The van der Waals surface area contributed by atoms with Crippen molar-refractivity contribution in [3.63, 3.8) is 0 Å². The molecule has 28 heavy (non-hydrogen) atoms. The monoisotopic (exact) mass is 415 g/mol. The van der Waals surface area contributed by atoms with Crippen LogP contribution in [0.25, 0.3) is 21.8 Å². The lowest BCUT2D eigenvalue weighted by atomic mass is 10.1. The van der Waals surface area contributed by atoms with Crippen molar-refractivity contribution in [3.05, 3.63) is 51.0 Å². The van der Waals surface area contributed by atoms with Gasteiger partial charge in [0.15, 0.2) is 16.6 Å². The lowest BCUT2D eigenvalue weighted by molar-refractivity contribution is 0.0602. The van der Waals surface area contributed by atoms with E-state index < -0.39 is 11.5 Å². The molecule has 4 aromatic rings. The van der Waals surface area contributed by atoms with Gasteiger partial charge in [-0.25, -0.2) is 14.8 Å². The molecule has 0 atom stereocenters. The van der Waals surface area contributed by atoms with Crippen molar-refractivity contribution >= 4 is 40.1 Å². The molecule has 0 aromatic carbocycles. The normalized spacial score (nSPS) is 11.1. The molecule has 0 unspecified atom stereocenters. The topological polar surface area (TPSA) is 124 Å². The molecule has 4 aromatic heterocycles. The van der Waals surface area contributed by atoms with Crippen molar-refractivity contribution in [2.24, 2.45) is 0 Å². The molecule has 0 saturated heterocycles. The van der Waals surface area contributed by atoms with E-state index in [0.717, 1.165) is 4.88 Å². The molecule has 0 fully saturated rings. The van der Waals surface area contributed by atoms with Crippen LogP contribution in [0.5, 0.6) is 0 Å². The van der Waals surface area contributed by atoms with Gasteiger partial charge >= 0.3 is 5.97 Å². The summed E-state index contributed by atoms with van der Waals surface area (Å²) >= 11 is 2.74. The molecule has 1 N–H and O–H groups in total. The first-order valence-corrected chi connectivity index (χ1v) is 9.91. The third-order valence-corrected chi connectivity index (χ3v) is 5.45. The lowest BCUT2D eigenvalue weighted by Crippen LogP contribution is -2.16. The molecule has 0 saturated carbocycles. The van der Waals surface area contributed by atoms with Crippen LogP contribution < -0.4 is 5.56 Å². The SMILES string of the molecule is COC(=O)c1cc(C)nc2nc(SCc3noc(-c4cccs4)n3)[nH]c(=O)c12. The van der Waals surface area contributed by atoms with Crippen LogP contribution in [0.4, 0.5) is 0 Å². The van der Waals surface area contributed by atoms with E-state index >= 15 is 0 Å². The van der Waals surface area contributed by atoms with Gasteiger partial charge in [0.2, 0.25) is 0 Å². The van der Waals surface area contributed by atoms with Gasteiger partial charge in [-0.3, -0.25) is 4.79 Å². The Kier molecular flexibility index (Phi) is 4.92. The summed E-state index contributed by atoms with van der Waals surface area (Å²) in [5.74, 6) is 0.657. The molecule has 11 heteroatoms. The van der Waals surface area contributed by atoms with Gasteiger partial charge in [-0.2, -0.15) is 4.98 Å². The molecule has 0 spiro atoms. The van der Waals surface area contributed by atoms with Crippen LogP contribution in [0, 0.1) is 6.92 Å². The number of aromatic amines is 1. The van der Waals surface area contributed by atoms with Gasteiger partial charge < -0.3 is 14.2 Å². The summed E-state index contributed by atoms with van der Waals surface area (Å²) in [5, 5.41) is 6.30. The number of nitrogens with zero attached hydrogens (tertiary/aromatic N) is 4. The Morgan fingerprint density at radius 1 is 1.36 bits per heavy atom. The number of aromatic nitrogens is 5. The van der Waals surface area contributed by atoms with Gasteiger partial charge in [0, 0.05) is 5.69 Å². The first-order chi connectivity index (χ1) is 13.5. The lowest BCUT2D eigenvalue weighted by Gasteiger charge is -2.06. The molecule has 4 rings (SSSR count). The van der Waals surface area contributed by atoms with Gasteiger partial charge in [0.1, 0.15) is 0 Å². The first kappa shape index (κ1) is 18.3. The molecule has 0 radical (unpaired) electrons. The second-order valence-corrected chi connectivity index (χ2v) is 7.57. The minimum Gasteiger partial charge on any atom is -0.465 e. The van der Waals surface area contributed by atoms with Gasteiger partial charge in [-0.05, 0) is 24.4 Å². The summed E-state index contributed by atoms with van der Waals surface area (Å²) in [5.41, 5.74) is 0.404. The minimum atomic E-state index is -0.615. The van der Waals surface area contributed by atoms with Crippen LogP contribution in [-0.2, 0) is 10.5 Å². The molecule has 0 aliphatic carbocycles. The van der Waals surface area contributed by atoms with Crippen molar-refractivity contribution in [2.45, 2.75) is 17.8 Å². The fraction of sp³-hybridized carbons (Fsp3) is 0.176. The highest BCUT2D eigenvalue weighted by Crippen LogP contribution is 2.25. The second-order valence-electron chi connectivity index (χ2n) is 5.65. The maximum absolute atomic E-state index is 12.5. The number of carbonyl (C=O) groups excluding carboxylic acids is 1. The summed E-state index contributed by atoms with van der Waals surface area (Å²) in [6.45, 7) is 1.72. The van der Waals surface area contributed by atoms with E-state index in [4.69, 9.17) is 9.26 Å². The van der Waals surface area contributed by atoms with Crippen LogP contribution in [0.1, 0.15) is 21.9 Å². The Morgan fingerprint density at radius 3 is 2.96 bits per heavy atom. The molecule has 0 bridgehead atoms. The number of ether oxygens (including phenoxy) is 1. The number of thioether (sulfide) groups is 1. The number of methoxy groups -OCH3 is 1. The fourth-order valence-electron chi connectivity index (χ4n) is 2.53. The van der Waals surface area contributed by atoms with E-state index in [2.05, 4.69) is 25.1 Å². The highest BCUT2D eigenvalue weighted by Gasteiger charge is 2.18. The molecule has 142 valence electrons. The average Bonchev–Trinajstić information content (AvgIpc) is 3.36. The predicted octanol–water partition coefficient (Wildman–Crippen LogP) is 2.82.